The molecule has 0 saturated carbocycles. The molecule has 1 N–H and O–H groups in total. The van der Waals surface area contributed by atoms with Crippen LogP contribution >= 0.6 is 0 Å². The third-order valence-corrected chi connectivity index (χ3v) is 2.86. The van der Waals surface area contributed by atoms with Crippen molar-refractivity contribution in [1.29, 1.82) is 0 Å². The molecule has 1 fully saturated rings. The molecular formula is C11H16N2O2. The average molecular weight is 208 g/mol. The zero-order chi connectivity index (χ0) is 10.7. The first-order valence-electron chi connectivity index (χ1n) is 5.49. The maximum Gasteiger partial charge on any atom is 0.240 e. The van der Waals surface area contributed by atoms with E-state index in [0.29, 0.717) is 6.42 Å². The summed E-state index contributed by atoms with van der Waals surface area (Å²) in [7, 11) is 0. The van der Waals surface area contributed by atoms with Crippen LogP contribution in [-0.4, -0.2) is 35.8 Å². The van der Waals surface area contributed by atoms with Crippen LogP contribution in [0.4, 0.5) is 0 Å². The first-order chi connectivity index (χ1) is 7.25. The Kier molecular flexibility index (Phi) is 3.04. The molecule has 0 aromatic heterocycles. The van der Waals surface area contributed by atoms with Crippen molar-refractivity contribution in [3.8, 4) is 0 Å². The van der Waals surface area contributed by atoms with Gasteiger partial charge in [-0.25, -0.2) is 0 Å². The number of nitrogens with zero attached hydrogens (tertiary/aromatic N) is 1. The number of carbonyl (C=O) groups is 2. The molecule has 15 heavy (non-hydrogen) atoms. The number of hydrogen-bond donors (Lipinski definition) is 1. The Labute approximate surface area is 89.3 Å². The van der Waals surface area contributed by atoms with Gasteiger partial charge in [0, 0.05) is 19.0 Å². The molecule has 0 aromatic rings. The van der Waals surface area contributed by atoms with E-state index in [1.165, 1.54) is 0 Å². The number of carbonyl (C=O) groups excluding carboxylic acids is 2. The fraction of sp³-hybridized carbons (Fsp3) is 0.636. The summed E-state index contributed by atoms with van der Waals surface area (Å²) in [6, 6.07) is 0.176. The quantitative estimate of drug-likeness (QED) is 0.684. The van der Waals surface area contributed by atoms with Gasteiger partial charge in [-0.3, -0.25) is 9.59 Å². The van der Waals surface area contributed by atoms with Crippen molar-refractivity contribution in [1.82, 2.24) is 10.2 Å². The van der Waals surface area contributed by atoms with E-state index in [-0.39, 0.29) is 24.4 Å². The Balaban J connectivity index is 1.76. The van der Waals surface area contributed by atoms with Gasteiger partial charge in [-0.1, -0.05) is 12.2 Å². The molecule has 0 radical (unpaired) electrons. The first kappa shape index (κ1) is 10.2. The topological polar surface area (TPSA) is 49.4 Å². The van der Waals surface area contributed by atoms with Gasteiger partial charge in [0.1, 0.15) is 0 Å². The van der Waals surface area contributed by atoms with Crippen molar-refractivity contribution in [3.05, 3.63) is 12.2 Å². The summed E-state index contributed by atoms with van der Waals surface area (Å²) in [5, 5.41) is 2.91. The lowest BCUT2D eigenvalue weighted by Crippen LogP contribution is -2.41. The molecule has 1 aliphatic carbocycles. The number of rotatable bonds is 3. The van der Waals surface area contributed by atoms with Gasteiger partial charge >= 0.3 is 0 Å². The van der Waals surface area contributed by atoms with Gasteiger partial charge in [-0.05, 0) is 19.3 Å². The Morgan fingerprint density at radius 1 is 1.60 bits per heavy atom. The number of allylic oxidation sites excluding steroid dienone is 1. The van der Waals surface area contributed by atoms with Crippen molar-refractivity contribution in [2.24, 2.45) is 0 Å². The molecule has 4 nitrogen and oxygen atoms in total. The zero-order valence-electron chi connectivity index (χ0n) is 8.74. The van der Waals surface area contributed by atoms with Gasteiger partial charge in [0.15, 0.2) is 0 Å². The molecule has 2 aliphatic rings. The monoisotopic (exact) mass is 208 g/mol. The minimum Gasteiger partial charge on any atom is -0.348 e. The molecule has 82 valence electrons. The number of amides is 2. The summed E-state index contributed by atoms with van der Waals surface area (Å²) in [4.78, 5) is 24.5. The van der Waals surface area contributed by atoms with Gasteiger partial charge in [-0.2, -0.15) is 0 Å². The molecule has 0 aromatic carbocycles. The minimum absolute atomic E-state index is 0.0400. The average Bonchev–Trinajstić information content (AvgIpc) is 2.79. The Hall–Kier alpha value is -1.32. The summed E-state index contributed by atoms with van der Waals surface area (Å²) >= 11 is 0. The van der Waals surface area contributed by atoms with E-state index >= 15 is 0 Å². The number of hydrogen-bond acceptors (Lipinski definition) is 2. The molecule has 1 heterocycles. The normalized spacial score (nSPS) is 24.9. The fourth-order valence-corrected chi connectivity index (χ4v) is 2.05. The summed E-state index contributed by atoms with van der Waals surface area (Å²) in [5.41, 5.74) is 0. The van der Waals surface area contributed by atoms with Crippen LogP contribution in [0.1, 0.15) is 25.7 Å². The number of nitrogens with one attached hydrogen (secondary N) is 1. The molecule has 1 saturated heterocycles. The first-order valence-corrected chi connectivity index (χ1v) is 5.49. The smallest absolute Gasteiger partial charge is 0.240 e. The summed E-state index contributed by atoms with van der Waals surface area (Å²) in [6.07, 6.45) is 7.59. The second kappa shape index (κ2) is 4.47. The lowest BCUT2D eigenvalue weighted by atomic mass is 10.2. The van der Waals surface area contributed by atoms with Crippen molar-refractivity contribution in [2.45, 2.75) is 31.7 Å². The maximum atomic E-state index is 11.6. The van der Waals surface area contributed by atoms with Crippen molar-refractivity contribution in [2.75, 3.05) is 13.1 Å². The molecule has 2 rings (SSSR count). The third kappa shape index (κ3) is 2.58. The SMILES string of the molecule is O=C(CN1CCCC1=O)NC1C=CCC1. The molecule has 1 atom stereocenters. The third-order valence-electron chi connectivity index (χ3n) is 2.86. The van der Waals surface area contributed by atoms with Gasteiger partial charge in [0.2, 0.25) is 11.8 Å². The predicted octanol–water partition coefficient (Wildman–Crippen LogP) is 0.444. The molecule has 4 heteroatoms. The maximum absolute atomic E-state index is 11.6. The van der Waals surface area contributed by atoms with Gasteiger partial charge in [0.25, 0.3) is 0 Å². The largest absolute Gasteiger partial charge is 0.348 e. The van der Waals surface area contributed by atoms with Crippen LogP contribution in [0.2, 0.25) is 0 Å². The lowest BCUT2D eigenvalue weighted by Gasteiger charge is -2.17. The molecule has 0 bridgehead atoms. The van der Waals surface area contributed by atoms with Gasteiger partial charge in [-0.15, -0.1) is 0 Å². The summed E-state index contributed by atoms with van der Waals surface area (Å²) < 4.78 is 0. The fourth-order valence-electron chi connectivity index (χ4n) is 2.05. The second-order valence-corrected chi connectivity index (χ2v) is 4.10. The van der Waals surface area contributed by atoms with Crippen LogP contribution in [0.3, 0.4) is 0 Å². The minimum atomic E-state index is -0.0400. The van der Waals surface area contributed by atoms with Gasteiger partial charge in [0.05, 0.1) is 6.54 Å². The molecule has 2 amide bonds. The van der Waals surface area contributed by atoms with E-state index in [1.807, 2.05) is 6.08 Å². The van der Waals surface area contributed by atoms with Crippen molar-refractivity contribution >= 4 is 11.8 Å². The van der Waals surface area contributed by atoms with E-state index in [1.54, 1.807) is 4.90 Å². The van der Waals surface area contributed by atoms with Crippen LogP contribution < -0.4 is 5.32 Å². The Morgan fingerprint density at radius 2 is 2.47 bits per heavy atom. The lowest BCUT2D eigenvalue weighted by molar-refractivity contribution is -0.133. The van der Waals surface area contributed by atoms with Crippen molar-refractivity contribution in [3.63, 3.8) is 0 Å². The second-order valence-electron chi connectivity index (χ2n) is 4.10. The van der Waals surface area contributed by atoms with E-state index in [2.05, 4.69) is 11.4 Å². The standard InChI is InChI=1S/C11H16N2O2/c14-10(12-9-4-1-2-5-9)8-13-7-3-6-11(13)15/h1,4,9H,2-3,5-8H2,(H,12,14). The molecule has 0 spiro atoms. The highest BCUT2D eigenvalue weighted by molar-refractivity contribution is 5.86. The van der Waals surface area contributed by atoms with Crippen LogP contribution in [-0.2, 0) is 9.59 Å². The molecule has 1 unspecified atom stereocenters. The van der Waals surface area contributed by atoms with E-state index in [4.69, 9.17) is 0 Å². The zero-order valence-corrected chi connectivity index (χ0v) is 8.74. The van der Waals surface area contributed by atoms with Crippen LogP contribution in [0.15, 0.2) is 12.2 Å². The highest BCUT2D eigenvalue weighted by Gasteiger charge is 2.23. The Bertz CT molecular complexity index is 299. The highest BCUT2D eigenvalue weighted by Crippen LogP contribution is 2.10. The van der Waals surface area contributed by atoms with E-state index in [9.17, 15) is 9.59 Å². The number of likely N-dealkylation sites (tertiary alicyclic amines) is 1. The predicted molar refractivity (Wildman–Crippen MR) is 56.1 cm³/mol. The van der Waals surface area contributed by atoms with Gasteiger partial charge < -0.3 is 10.2 Å². The Morgan fingerprint density at radius 3 is 3.07 bits per heavy atom. The molecular weight excluding hydrogens is 192 g/mol. The summed E-state index contributed by atoms with van der Waals surface area (Å²) in [5.74, 6) is 0.0638. The van der Waals surface area contributed by atoms with Crippen LogP contribution in [0.25, 0.3) is 0 Å². The molecule has 1 aliphatic heterocycles. The highest BCUT2D eigenvalue weighted by atomic mass is 16.2. The summed E-state index contributed by atoms with van der Waals surface area (Å²) in [6.45, 7) is 0.954. The van der Waals surface area contributed by atoms with Crippen LogP contribution in [0.5, 0.6) is 0 Å². The van der Waals surface area contributed by atoms with Crippen LogP contribution in [0, 0.1) is 0 Å². The van der Waals surface area contributed by atoms with E-state index in [0.717, 1.165) is 25.8 Å². The van der Waals surface area contributed by atoms with Crippen molar-refractivity contribution < 1.29 is 9.59 Å². The van der Waals surface area contributed by atoms with E-state index < -0.39 is 0 Å².